The van der Waals surface area contributed by atoms with Crippen LogP contribution in [0.25, 0.3) is 11.0 Å². The summed E-state index contributed by atoms with van der Waals surface area (Å²) in [5.41, 5.74) is 1.57. The van der Waals surface area contributed by atoms with Crippen LogP contribution in [0.5, 0.6) is 0 Å². The third kappa shape index (κ3) is 4.72. The van der Waals surface area contributed by atoms with Crippen molar-refractivity contribution in [2.24, 2.45) is 0 Å². The fourth-order valence-electron chi connectivity index (χ4n) is 3.22. The van der Waals surface area contributed by atoms with Crippen LogP contribution in [-0.4, -0.2) is 47.2 Å². The van der Waals surface area contributed by atoms with Crippen LogP contribution in [-0.2, 0) is 27.8 Å². The lowest BCUT2D eigenvalue weighted by Crippen LogP contribution is -2.22. The number of carbonyl (C=O) groups is 1. The first-order chi connectivity index (χ1) is 14.6. The SMILES string of the molecule is CCn1c(CCC(=O)Nc2cccc([N+](=O)[O-])c2)nc2cc(S(=O)(=O)N(C)C)ccc21. The topological polar surface area (TPSA) is 127 Å². The quantitative estimate of drug-likeness (QED) is 0.419. The van der Waals surface area contributed by atoms with Gasteiger partial charge in [-0.25, -0.2) is 17.7 Å². The molecule has 0 aliphatic rings. The molecule has 0 saturated heterocycles. The minimum absolute atomic E-state index is 0.103. The maximum absolute atomic E-state index is 12.4. The van der Waals surface area contributed by atoms with Crippen molar-refractivity contribution in [3.63, 3.8) is 0 Å². The number of fused-ring (bicyclic) bond motifs is 1. The number of nitrogens with zero attached hydrogens (tertiary/aromatic N) is 4. The molecule has 0 aliphatic heterocycles. The summed E-state index contributed by atoms with van der Waals surface area (Å²) in [7, 11) is -0.641. The molecule has 1 amide bonds. The normalized spacial score (nSPS) is 11.7. The van der Waals surface area contributed by atoms with Gasteiger partial charge in [0.15, 0.2) is 0 Å². The summed E-state index contributed by atoms with van der Waals surface area (Å²) < 4.78 is 27.9. The lowest BCUT2D eigenvalue weighted by atomic mass is 10.2. The fourth-order valence-corrected chi connectivity index (χ4v) is 4.14. The predicted molar refractivity (Wildman–Crippen MR) is 116 cm³/mol. The second-order valence-corrected chi connectivity index (χ2v) is 9.22. The molecule has 2 aromatic carbocycles. The summed E-state index contributed by atoms with van der Waals surface area (Å²) in [5.74, 6) is 0.358. The van der Waals surface area contributed by atoms with Crippen molar-refractivity contribution in [3.05, 3.63) is 58.4 Å². The molecule has 11 heteroatoms. The second-order valence-electron chi connectivity index (χ2n) is 7.07. The van der Waals surface area contributed by atoms with E-state index in [1.807, 2.05) is 11.5 Å². The molecular formula is C20H23N5O5S. The summed E-state index contributed by atoms with van der Waals surface area (Å²) in [4.78, 5) is 27.4. The highest BCUT2D eigenvalue weighted by Gasteiger charge is 2.20. The van der Waals surface area contributed by atoms with Crippen molar-refractivity contribution < 1.29 is 18.1 Å². The van der Waals surface area contributed by atoms with Crippen molar-refractivity contribution in [3.8, 4) is 0 Å². The van der Waals surface area contributed by atoms with Gasteiger partial charge in [0.25, 0.3) is 5.69 Å². The van der Waals surface area contributed by atoms with Gasteiger partial charge in [0, 0.05) is 51.3 Å². The van der Waals surface area contributed by atoms with Crippen LogP contribution >= 0.6 is 0 Å². The number of carbonyl (C=O) groups excluding carboxylic acids is 1. The Balaban J connectivity index is 1.79. The van der Waals surface area contributed by atoms with Crippen molar-refractivity contribution in [2.45, 2.75) is 31.2 Å². The van der Waals surface area contributed by atoms with Gasteiger partial charge in [0.05, 0.1) is 20.9 Å². The molecule has 0 fully saturated rings. The number of anilines is 1. The van der Waals surface area contributed by atoms with Gasteiger partial charge >= 0.3 is 0 Å². The minimum atomic E-state index is -3.58. The van der Waals surface area contributed by atoms with Crippen molar-refractivity contribution in [1.82, 2.24) is 13.9 Å². The number of benzene rings is 2. The number of aromatic nitrogens is 2. The molecule has 0 atom stereocenters. The molecule has 1 N–H and O–H groups in total. The number of aryl methyl sites for hydroxylation is 2. The van der Waals surface area contributed by atoms with Crippen LogP contribution in [0.15, 0.2) is 47.4 Å². The zero-order valence-corrected chi connectivity index (χ0v) is 18.2. The lowest BCUT2D eigenvalue weighted by Gasteiger charge is -2.11. The molecule has 31 heavy (non-hydrogen) atoms. The summed E-state index contributed by atoms with van der Waals surface area (Å²) in [6.07, 6.45) is 0.452. The number of hydrogen-bond acceptors (Lipinski definition) is 6. The molecule has 3 aromatic rings. The molecule has 1 heterocycles. The first-order valence-corrected chi connectivity index (χ1v) is 11.0. The number of imidazole rings is 1. The summed E-state index contributed by atoms with van der Waals surface area (Å²) in [6, 6.07) is 10.5. The van der Waals surface area contributed by atoms with Gasteiger partial charge in [-0.3, -0.25) is 14.9 Å². The molecule has 1 aromatic heterocycles. The zero-order valence-electron chi connectivity index (χ0n) is 17.4. The van der Waals surface area contributed by atoms with Crippen LogP contribution in [0, 0.1) is 10.1 Å². The number of hydrogen-bond donors (Lipinski definition) is 1. The van der Waals surface area contributed by atoms with Gasteiger partial charge in [0.2, 0.25) is 15.9 Å². The van der Waals surface area contributed by atoms with E-state index < -0.39 is 14.9 Å². The first-order valence-electron chi connectivity index (χ1n) is 9.59. The molecule has 0 unspecified atom stereocenters. The molecule has 0 radical (unpaired) electrons. The molecule has 0 aliphatic carbocycles. The van der Waals surface area contributed by atoms with E-state index in [1.165, 1.54) is 38.4 Å². The van der Waals surface area contributed by atoms with Gasteiger partial charge in [0.1, 0.15) is 5.82 Å². The van der Waals surface area contributed by atoms with Crippen LogP contribution in [0.2, 0.25) is 0 Å². The third-order valence-electron chi connectivity index (χ3n) is 4.81. The smallest absolute Gasteiger partial charge is 0.271 e. The lowest BCUT2D eigenvalue weighted by molar-refractivity contribution is -0.384. The van der Waals surface area contributed by atoms with Gasteiger partial charge in [-0.1, -0.05) is 6.07 Å². The van der Waals surface area contributed by atoms with Crippen LogP contribution in [0.4, 0.5) is 11.4 Å². The van der Waals surface area contributed by atoms with Crippen LogP contribution in [0.3, 0.4) is 0 Å². The fraction of sp³-hybridized carbons (Fsp3) is 0.300. The average Bonchev–Trinajstić information content (AvgIpc) is 3.09. The largest absolute Gasteiger partial charge is 0.328 e. The highest BCUT2D eigenvalue weighted by Crippen LogP contribution is 2.23. The van der Waals surface area contributed by atoms with Gasteiger partial charge < -0.3 is 9.88 Å². The molecular weight excluding hydrogens is 422 g/mol. The number of amides is 1. The third-order valence-corrected chi connectivity index (χ3v) is 6.62. The second kappa shape index (κ2) is 8.82. The highest BCUT2D eigenvalue weighted by molar-refractivity contribution is 7.89. The Bertz CT molecular complexity index is 1250. The Hall–Kier alpha value is -3.31. The van der Waals surface area contributed by atoms with E-state index in [2.05, 4.69) is 10.3 Å². The summed E-state index contributed by atoms with van der Waals surface area (Å²) >= 11 is 0. The molecule has 164 valence electrons. The van der Waals surface area contributed by atoms with E-state index in [0.29, 0.717) is 30.0 Å². The average molecular weight is 446 g/mol. The highest BCUT2D eigenvalue weighted by atomic mass is 32.2. The zero-order chi connectivity index (χ0) is 22.8. The maximum atomic E-state index is 12.4. The molecule has 0 bridgehead atoms. The van der Waals surface area contributed by atoms with E-state index >= 15 is 0 Å². The van der Waals surface area contributed by atoms with Gasteiger partial charge in [-0.05, 0) is 31.2 Å². The Labute approximate surface area is 179 Å². The standard InChI is InChI=1S/C20H23N5O5S/c1-4-24-18-9-8-16(31(29,30)23(2)3)13-17(18)22-19(24)10-11-20(26)21-14-6-5-7-15(12-14)25(27)28/h5-9,12-13H,4,10-11H2,1-3H3,(H,21,26). The molecule has 3 rings (SSSR count). The van der Waals surface area contributed by atoms with Gasteiger partial charge in [-0.2, -0.15) is 0 Å². The number of nitrogens with one attached hydrogen (secondary N) is 1. The van der Waals surface area contributed by atoms with E-state index in [1.54, 1.807) is 18.2 Å². The number of sulfonamides is 1. The molecule has 0 spiro atoms. The van der Waals surface area contributed by atoms with Crippen molar-refractivity contribution in [2.75, 3.05) is 19.4 Å². The maximum Gasteiger partial charge on any atom is 0.271 e. The molecule has 10 nitrogen and oxygen atoms in total. The number of non-ortho nitro benzene ring substituents is 1. The Kier molecular flexibility index (Phi) is 6.37. The van der Waals surface area contributed by atoms with Crippen LogP contribution in [0.1, 0.15) is 19.2 Å². The van der Waals surface area contributed by atoms with Crippen LogP contribution < -0.4 is 5.32 Å². The van der Waals surface area contributed by atoms with E-state index in [9.17, 15) is 23.3 Å². The Morgan fingerprint density at radius 3 is 2.61 bits per heavy atom. The van der Waals surface area contributed by atoms with Crippen molar-refractivity contribution in [1.29, 1.82) is 0 Å². The van der Waals surface area contributed by atoms with Gasteiger partial charge in [-0.15, -0.1) is 0 Å². The van der Waals surface area contributed by atoms with E-state index in [0.717, 1.165) is 9.82 Å². The van der Waals surface area contributed by atoms with E-state index in [-0.39, 0.29) is 22.9 Å². The van der Waals surface area contributed by atoms with E-state index in [4.69, 9.17) is 0 Å². The molecule has 0 saturated carbocycles. The monoisotopic (exact) mass is 445 g/mol. The Morgan fingerprint density at radius 1 is 1.23 bits per heavy atom. The number of nitro benzene ring substituents is 1. The number of rotatable bonds is 8. The Morgan fingerprint density at radius 2 is 1.97 bits per heavy atom. The summed E-state index contributed by atoms with van der Waals surface area (Å²) in [5, 5.41) is 13.5. The first kappa shape index (κ1) is 22.4. The van der Waals surface area contributed by atoms with Crippen molar-refractivity contribution >= 4 is 38.3 Å². The minimum Gasteiger partial charge on any atom is -0.328 e. The summed E-state index contributed by atoms with van der Waals surface area (Å²) in [6.45, 7) is 2.55. The number of nitro groups is 1. The predicted octanol–water partition coefficient (Wildman–Crippen LogP) is 2.79.